The van der Waals surface area contributed by atoms with Crippen molar-refractivity contribution >= 4 is 11.8 Å². The van der Waals surface area contributed by atoms with Gasteiger partial charge in [-0.1, -0.05) is 12.1 Å². The summed E-state index contributed by atoms with van der Waals surface area (Å²) in [6.45, 7) is 2.30. The van der Waals surface area contributed by atoms with Gasteiger partial charge in [-0.15, -0.1) is 0 Å². The number of rotatable bonds is 3. The van der Waals surface area contributed by atoms with Crippen LogP contribution in [0.25, 0.3) is 0 Å². The molecule has 0 unspecified atom stereocenters. The lowest BCUT2D eigenvalue weighted by Crippen LogP contribution is -2.31. The van der Waals surface area contributed by atoms with Crippen LogP contribution in [0.1, 0.15) is 24.3 Å². The largest absolute Gasteiger partial charge is 0.489 e. The first-order valence-electron chi connectivity index (χ1n) is 6.47. The maximum Gasteiger partial charge on any atom is 0.120 e. The van der Waals surface area contributed by atoms with E-state index in [1.165, 1.54) is 18.4 Å². The fraction of sp³-hybridized carbons (Fsp3) is 0.571. The number of ether oxygens (including phenoxy) is 1. The Morgan fingerprint density at radius 2 is 2.00 bits per heavy atom. The van der Waals surface area contributed by atoms with Crippen LogP contribution in [-0.2, 0) is 0 Å². The van der Waals surface area contributed by atoms with Crippen molar-refractivity contribution in [2.45, 2.75) is 24.9 Å². The lowest BCUT2D eigenvalue weighted by molar-refractivity contribution is 0.240. The van der Waals surface area contributed by atoms with Crippen LogP contribution in [0.4, 0.5) is 0 Å². The third-order valence-electron chi connectivity index (χ3n) is 3.58. The van der Waals surface area contributed by atoms with Gasteiger partial charge in [0.25, 0.3) is 0 Å². The van der Waals surface area contributed by atoms with Gasteiger partial charge >= 0.3 is 0 Å². The van der Waals surface area contributed by atoms with Crippen molar-refractivity contribution in [2.75, 3.05) is 24.6 Å². The van der Waals surface area contributed by atoms with Gasteiger partial charge in [0.1, 0.15) is 11.9 Å². The summed E-state index contributed by atoms with van der Waals surface area (Å²) in [5.74, 6) is 4.08. The second kappa shape index (κ2) is 5.32. The van der Waals surface area contributed by atoms with Gasteiger partial charge in [-0.2, -0.15) is 11.8 Å². The molecule has 0 aliphatic carbocycles. The van der Waals surface area contributed by atoms with E-state index in [2.05, 4.69) is 29.6 Å². The smallest absolute Gasteiger partial charge is 0.120 e. The van der Waals surface area contributed by atoms with E-state index in [-0.39, 0.29) is 0 Å². The van der Waals surface area contributed by atoms with E-state index in [1.807, 2.05) is 11.8 Å². The topological polar surface area (TPSA) is 21.3 Å². The highest BCUT2D eigenvalue weighted by molar-refractivity contribution is 8.00. The Bertz CT molecular complexity index is 372. The van der Waals surface area contributed by atoms with Gasteiger partial charge in [0.05, 0.1) is 0 Å². The van der Waals surface area contributed by atoms with Crippen LogP contribution in [0, 0.1) is 0 Å². The molecule has 2 heterocycles. The molecule has 0 bridgehead atoms. The number of benzene rings is 1. The second-order valence-corrected chi connectivity index (χ2v) is 5.95. The number of nitrogens with one attached hydrogen (secondary N) is 1. The summed E-state index contributed by atoms with van der Waals surface area (Å²) in [4.78, 5) is 0. The molecule has 2 aliphatic rings. The highest BCUT2D eigenvalue weighted by atomic mass is 32.2. The minimum atomic E-state index is 0.447. The molecule has 0 radical (unpaired) electrons. The minimum Gasteiger partial charge on any atom is -0.489 e. The third kappa shape index (κ3) is 2.78. The SMILES string of the molecule is c1cc(OC2CSC2)cc(C2CCNCC2)c1. The lowest BCUT2D eigenvalue weighted by Gasteiger charge is -2.27. The highest BCUT2D eigenvalue weighted by Gasteiger charge is 2.20. The fourth-order valence-electron chi connectivity index (χ4n) is 2.47. The summed E-state index contributed by atoms with van der Waals surface area (Å²) < 4.78 is 5.95. The maximum absolute atomic E-state index is 5.95. The number of hydrogen-bond acceptors (Lipinski definition) is 3. The molecule has 1 N–H and O–H groups in total. The fourth-order valence-corrected chi connectivity index (χ4v) is 3.04. The summed E-state index contributed by atoms with van der Waals surface area (Å²) in [5, 5.41) is 3.42. The van der Waals surface area contributed by atoms with Crippen molar-refractivity contribution in [1.82, 2.24) is 5.32 Å². The Kier molecular flexibility index (Phi) is 3.57. The molecule has 0 saturated carbocycles. The Morgan fingerprint density at radius 3 is 2.71 bits per heavy atom. The molecule has 0 spiro atoms. The van der Waals surface area contributed by atoms with Crippen molar-refractivity contribution < 1.29 is 4.74 Å². The Labute approximate surface area is 107 Å². The normalized spacial score (nSPS) is 22.1. The first-order valence-corrected chi connectivity index (χ1v) is 7.62. The molecule has 2 nitrogen and oxygen atoms in total. The molecule has 0 atom stereocenters. The van der Waals surface area contributed by atoms with Gasteiger partial charge in [0.2, 0.25) is 0 Å². The van der Waals surface area contributed by atoms with Gasteiger partial charge < -0.3 is 10.1 Å². The number of thioether (sulfide) groups is 1. The van der Waals surface area contributed by atoms with Gasteiger partial charge in [-0.3, -0.25) is 0 Å². The molecule has 0 aromatic heterocycles. The predicted molar refractivity (Wildman–Crippen MR) is 73.0 cm³/mol. The molecule has 1 aromatic carbocycles. The molecule has 92 valence electrons. The zero-order valence-electron chi connectivity index (χ0n) is 10.0. The first kappa shape index (κ1) is 11.4. The zero-order valence-corrected chi connectivity index (χ0v) is 10.8. The van der Waals surface area contributed by atoms with Crippen LogP contribution in [0.15, 0.2) is 24.3 Å². The molecule has 17 heavy (non-hydrogen) atoms. The third-order valence-corrected chi connectivity index (χ3v) is 4.79. The average molecular weight is 249 g/mol. The molecule has 2 aliphatic heterocycles. The van der Waals surface area contributed by atoms with Crippen molar-refractivity contribution in [3.63, 3.8) is 0 Å². The molecule has 0 amide bonds. The maximum atomic E-state index is 5.95. The van der Waals surface area contributed by atoms with Crippen LogP contribution in [0.3, 0.4) is 0 Å². The van der Waals surface area contributed by atoms with Crippen molar-refractivity contribution in [1.29, 1.82) is 0 Å². The Morgan fingerprint density at radius 1 is 1.18 bits per heavy atom. The standard InChI is InChI=1S/C14H19NOS/c1-2-12(11-4-6-15-7-5-11)8-13(3-1)16-14-9-17-10-14/h1-3,8,11,14-15H,4-7,9-10H2. The highest BCUT2D eigenvalue weighted by Crippen LogP contribution is 2.29. The van der Waals surface area contributed by atoms with E-state index in [0.29, 0.717) is 6.10 Å². The number of piperidine rings is 1. The molecule has 3 rings (SSSR count). The Hall–Kier alpha value is -0.670. The first-order chi connectivity index (χ1) is 8.42. The second-order valence-electron chi connectivity index (χ2n) is 4.87. The molecular weight excluding hydrogens is 230 g/mol. The van der Waals surface area contributed by atoms with E-state index in [1.54, 1.807) is 0 Å². The van der Waals surface area contributed by atoms with E-state index in [9.17, 15) is 0 Å². The summed E-state index contributed by atoms with van der Waals surface area (Å²) in [5.41, 5.74) is 1.45. The van der Waals surface area contributed by atoms with E-state index in [4.69, 9.17) is 4.74 Å². The van der Waals surface area contributed by atoms with Crippen molar-refractivity contribution in [2.24, 2.45) is 0 Å². The molecule has 2 fully saturated rings. The quantitative estimate of drug-likeness (QED) is 0.890. The van der Waals surface area contributed by atoms with Gasteiger partial charge in [0.15, 0.2) is 0 Å². The van der Waals surface area contributed by atoms with Crippen molar-refractivity contribution in [3.05, 3.63) is 29.8 Å². The van der Waals surface area contributed by atoms with Crippen molar-refractivity contribution in [3.8, 4) is 5.75 Å². The number of hydrogen-bond donors (Lipinski definition) is 1. The van der Waals surface area contributed by atoms with Gasteiger partial charge in [0, 0.05) is 11.5 Å². The summed E-state index contributed by atoms with van der Waals surface area (Å²) in [7, 11) is 0. The zero-order chi connectivity index (χ0) is 11.5. The van der Waals surface area contributed by atoms with E-state index < -0.39 is 0 Å². The van der Waals surface area contributed by atoms with Crippen LogP contribution in [0.5, 0.6) is 5.75 Å². The van der Waals surface area contributed by atoms with Crippen LogP contribution in [-0.4, -0.2) is 30.7 Å². The molecule has 1 aromatic rings. The lowest BCUT2D eigenvalue weighted by atomic mass is 9.90. The van der Waals surface area contributed by atoms with Crippen LogP contribution < -0.4 is 10.1 Å². The summed E-state index contributed by atoms with van der Waals surface area (Å²) >= 11 is 1.96. The van der Waals surface area contributed by atoms with Gasteiger partial charge in [-0.25, -0.2) is 0 Å². The summed E-state index contributed by atoms with van der Waals surface area (Å²) in [6, 6.07) is 8.73. The average Bonchev–Trinajstić information content (AvgIpc) is 2.35. The molecule has 3 heteroatoms. The van der Waals surface area contributed by atoms with E-state index in [0.717, 1.165) is 36.3 Å². The molecular formula is C14H19NOS. The Balaban J connectivity index is 1.68. The monoisotopic (exact) mass is 249 g/mol. The predicted octanol–water partition coefficient (Wildman–Crippen LogP) is 2.65. The van der Waals surface area contributed by atoms with E-state index >= 15 is 0 Å². The molecule has 2 saturated heterocycles. The summed E-state index contributed by atoms with van der Waals surface area (Å²) in [6.07, 6.45) is 2.95. The minimum absolute atomic E-state index is 0.447. The van der Waals surface area contributed by atoms with Gasteiger partial charge in [-0.05, 0) is 49.5 Å². The van der Waals surface area contributed by atoms with Crippen LogP contribution >= 0.6 is 11.8 Å². The van der Waals surface area contributed by atoms with Crippen LogP contribution in [0.2, 0.25) is 0 Å².